The Labute approximate surface area is 89.2 Å². The maximum absolute atomic E-state index is 10.8. The van der Waals surface area contributed by atoms with Crippen molar-refractivity contribution >= 4 is 27.8 Å². The predicted molar refractivity (Wildman–Crippen MR) is 56.8 cm³/mol. The summed E-state index contributed by atoms with van der Waals surface area (Å²) in [6.45, 7) is 1.59. The number of aryl methyl sites for hydroxylation is 1. The fraction of sp³-hybridized carbons (Fsp3) is 0.250. The standard InChI is InChI=1S/C8H8BrN3O2/c1-5-8(12(13)14)6(3-10-2)7(9)4-11-5/h3-4H,1-2H3. The molecule has 5 nitrogen and oxygen atoms in total. The van der Waals surface area contributed by atoms with E-state index in [1.807, 2.05) is 0 Å². The van der Waals surface area contributed by atoms with Gasteiger partial charge in [0.1, 0.15) is 5.69 Å². The van der Waals surface area contributed by atoms with E-state index in [9.17, 15) is 10.1 Å². The van der Waals surface area contributed by atoms with Crippen LogP contribution in [-0.4, -0.2) is 23.2 Å². The normalized spacial score (nSPS) is 10.8. The molecule has 0 aromatic carbocycles. The quantitative estimate of drug-likeness (QED) is 0.463. The molecule has 0 saturated carbocycles. The van der Waals surface area contributed by atoms with Crippen molar-refractivity contribution < 1.29 is 4.92 Å². The lowest BCUT2D eigenvalue weighted by molar-refractivity contribution is -0.385. The van der Waals surface area contributed by atoms with Crippen molar-refractivity contribution in [3.8, 4) is 0 Å². The molecule has 1 heterocycles. The number of rotatable bonds is 2. The molecule has 0 amide bonds. The molecule has 0 radical (unpaired) electrons. The van der Waals surface area contributed by atoms with Crippen LogP contribution in [0.2, 0.25) is 0 Å². The fourth-order valence-electron chi connectivity index (χ4n) is 1.07. The lowest BCUT2D eigenvalue weighted by Gasteiger charge is -2.01. The minimum atomic E-state index is -0.454. The summed E-state index contributed by atoms with van der Waals surface area (Å²) < 4.78 is 0.570. The van der Waals surface area contributed by atoms with E-state index in [1.165, 1.54) is 12.4 Å². The van der Waals surface area contributed by atoms with E-state index < -0.39 is 4.92 Å². The van der Waals surface area contributed by atoms with Crippen LogP contribution in [0.15, 0.2) is 15.7 Å². The first-order chi connectivity index (χ1) is 6.57. The molecule has 0 unspecified atom stereocenters. The summed E-state index contributed by atoms with van der Waals surface area (Å²) in [4.78, 5) is 18.0. The van der Waals surface area contributed by atoms with Gasteiger partial charge in [-0.05, 0) is 22.9 Å². The van der Waals surface area contributed by atoms with Crippen LogP contribution in [0.4, 0.5) is 5.69 Å². The molecule has 14 heavy (non-hydrogen) atoms. The summed E-state index contributed by atoms with van der Waals surface area (Å²) in [6.07, 6.45) is 2.97. The number of aliphatic imine (C=N–C) groups is 1. The molecule has 0 spiro atoms. The average molecular weight is 258 g/mol. The third kappa shape index (κ3) is 1.95. The minimum Gasteiger partial charge on any atom is -0.296 e. The summed E-state index contributed by atoms with van der Waals surface area (Å²) in [5, 5.41) is 10.8. The molecule has 0 fully saturated rings. The van der Waals surface area contributed by atoms with Crippen molar-refractivity contribution in [2.24, 2.45) is 4.99 Å². The van der Waals surface area contributed by atoms with Crippen LogP contribution in [0.25, 0.3) is 0 Å². The first kappa shape index (κ1) is 10.8. The SMILES string of the molecule is CN=Cc1c(Br)cnc(C)c1[N+](=O)[O-]. The summed E-state index contributed by atoms with van der Waals surface area (Å²) in [5.74, 6) is 0. The zero-order chi connectivity index (χ0) is 10.7. The highest BCUT2D eigenvalue weighted by atomic mass is 79.9. The topological polar surface area (TPSA) is 68.4 Å². The predicted octanol–water partition coefficient (Wildman–Crippen LogP) is 2.11. The van der Waals surface area contributed by atoms with Crippen LogP contribution in [0.3, 0.4) is 0 Å². The summed E-state index contributed by atoms with van der Waals surface area (Å²) in [7, 11) is 1.56. The Balaban J connectivity index is 3.49. The van der Waals surface area contributed by atoms with Gasteiger partial charge in [-0.2, -0.15) is 0 Å². The molecule has 0 aliphatic rings. The summed E-state index contributed by atoms with van der Waals surface area (Å²) in [6, 6.07) is 0. The van der Waals surface area contributed by atoms with E-state index in [4.69, 9.17) is 0 Å². The zero-order valence-electron chi connectivity index (χ0n) is 7.69. The Bertz CT molecular complexity index is 404. The highest BCUT2D eigenvalue weighted by Gasteiger charge is 2.19. The molecular weight excluding hydrogens is 250 g/mol. The van der Waals surface area contributed by atoms with E-state index >= 15 is 0 Å². The first-order valence-corrected chi connectivity index (χ1v) is 4.59. The molecule has 0 aliphatic carbocycles. The fourth-order valence-corrected chi connectivity index (χ4v) is 1.47. The Morgan fingerprint density at radius 1 is 1.71 bits per heavy atom. The highest BCUT2D eigenvalue weighted by Crippen LogP contribution is 2.26. The first-order valence-electron chi connectivity index (χ1n) is 3.79. The van der Waals surface area contributed by atoms with Gasteiger partial charge >= 0.3 is 0 Å². The molecule has 1 aromatic heterocycles. The van der Waals surface area contributed by atoms with Gasteiger partial charge < -0.3 is 0 Å². The second kappa shape index (κ2) is 4.28. The molecule has 1 aromatic rings. The number of nitro groups is 1. The second-order valence-electron chi connectivity index (χ2n) is 2.60. The lowest BCUT2D eigenvalue weighted by Crippen LogP contribution is -2.00. The molecule has 74 valence electrons. The van der Waals surface area contributed by atoms with Crippen molar-refractivity contribution in [1.29, 1.82) is 0 Å². The van der Waals surface area contributed by atoms with Crippen molar-refractivity contribution in [3.63, 3.8) is 0 Å². The van der Waals surface area contributed by atoms with Gasteiger partial charge in [0.2, 0.25) is 0 Å². The maximum Gasteiger partial charge on any atom is 0.300 e. The van der Waals surface area contributed by atoms with E-state index in [2.05, 4.69) is 25.9 Å². The van der Waals surface area contributed by atoms with Crippen LogP contribution in [0.1, 0.15) is 11.3 Å². The van der Waals surface area contributed by atoms with E-state index in [-0.39, 0.29) is 5.69 Å². The molecule has 6 heteroatoms. The summed E-state index contributed by atoms with van der Waals surface area (Å²) in [5.41, 5.74) is 0.822. The molecule has 0 atom stereocenters. The Hall–Kier alpha value is -1.30. The van der Waals surface area contributed by atoms with Gasteiger partial charge in [0.05, 0.1) is 15.0 Å². The Kier molecular flexibility index (Phi) is 3.29. The van der Waals surface area contributed by atoms with Gasteiger partial charge in [0.15, 0.2) is 0 Å². The minimum absolute atomic E-state index is 0.00928. The van der Waals surface area contributed by atoms with Crippen molar-refractivity contribution in [2.45, 2.75) is 6.92 Å². The number of hydrogen-bond acceptors (Lipinski definition) is 4. The van der Waals surface area contributed by atoms with E-state index in [0.717, 1.165) is 0 Å². The van der Waals surface area contributed by atoms with Crippen LogP contribution < -0.4 is 0 Å². The van der Waals surface area contributed by atoms with Gasteiger partial charge in [0.25, 0.3) is 5.69 Å². The Morgan fingerprint density at radius 3 is 2.86 bits per heavy atom. The molecule has 0 aliphatic heterocycles. The van der Waals surface area contributed by atoms with Crippen molar-refractivity contribution in [3.05, 3.63) is 32.0 Å². The van der Waals surface area contributed by atoms with E-state index in [1.54, 1.807) is 14.0 Å². The summed E-state index contributed by atoms with van der Waals surface area (Å²) >= 11 is 3.19. The molecular formula is C8H8BrN3O2. The molecule has 0 N–H and O–H groups in total. The third-order valence-electron chi connectivity index (χ3n) is 1.67. The molecule has 0 saturated heterocycles. The van der Waals surface area contributed by atoms with Crippen LogP contribution >= 0.6 is 15.9 Å². The van der Waals surface area contributed by atoms with Gasteiger partial charge in [-0.15, -0.1) is 0 Å². The van der Waals surface area contributed by atoms with Gasteiger partial charge in [-0.3, -0.25) is 20.1 Å². The highest BCUT2D eigenvalue weighted by molar-refractivity contribution is 9.10. The molecule has 1 rings (SSSR count). The maximum atomic E-state index is 10.8. The van der Waals surface area contributed by atoms with Crippen LogP contribution in [0, 0.1) is 17.0 Å². The number of nitrogens with zero attached hydrogens (tertiary/aromatic N) is 3. The second-order valence-corrected chi connectivity index (χ2v) is 3.45. The van der Waals surface area contributed by atoms with Crippen molar-refractivity contribution in [1.82, 2.24) is 4.98 Å². The number of hydrogen-bond donors (Lipinski definition) is 0. The lowest BCUT2D eigenvalue weighted by atomic mass is 10.2. The Morgan fingerprint density at radius 2 is 2.36 bits per heavy atom. The van der Waals surface area contributed by atoms with Gasteiger partial charge in [0, 0.05) is 19.5 Å². The largest absolute Gasteiger partial charge is 0.300 e. The molecule has 0 bridgehead atoms. The van der Waals surface area contributed by atoms with Crippen LogP contribution in [0.5, 0.6) is 0 Å². The average Bonchev–Trinajstić information content (AvgIpc) is 2.11. The third-order valence-corrected chi connectivity index (χ3v) is 2.30. The van der Waals surface area contributed by atoms with E-state index in [0.29, 0.717) is 15.7 Å². The number of pyridine rings is 1. The van der Waals surface area contributed by atoms with Crippen LogP contribution in [-0.2, 0) is 0 Å². The smallest absolute Gasteiger partial charge is 0.296 e. The van der Waals surface area contributed by atoms with Gasteiger partial charge in [-0.25, -0.2) is 0 Å². The number of halogens is 1. The zero-order valence-corrected chi connectivity index (χ0v) is 9.28. The number of aromatic nitrogens is 1. The monoisotopic (exact) mass is 257 g/mol. The van der Waals surface area contributed by atoms with Crippen molar-refractivity contribution in [2.75, 3.05) is 7.05 Å². The van der Waals surface area contributed by atoms with Gasteiger partial charge in [-0.1, -0.05) is 0 Å².